The zero-order valence-electron chi connectivity index (χ0n) is 28.5. The molecular weight excluding hydrogens is 590 g/mol. The Morgan fingerprint density at radius 2 is 0.913 bits per heavy atom. The van der Waals surface area contributed by atoms with Crippen LogP contribution in [0.15, 0.2) is 66.7 Å². The van der Waals surface area contributed by atoms with Crippen molar-refractivity contribution in [2.75, 3.05) is 0 Å². The summed E-state index contributed by atoms with van der Waals surface area (Å²) >= 11 is 0. The molecule has 46 heavy (non-hydrogen) atoms. The van der Waals surface area contributed by atoms with Gasteiger partial charge < -0.3 is 0 Å². The average molecular weight is 649 g/mol. The van der Waals surface area contributed by atoms with E-state index in [9.17, 15) is 0 Å². The predicted molar refractivity (Wildman–Crippen MR) is 205 cm³/mol. The maximum Gasteiger partial charge on any atom is 0.0408 e. The largest absolute Gasteiger partial charge is 0.0844 e. The summed E-state index contributed by atoms with van der Waals surface area (Å²) in [5, 5.41) is 6.12. The molecule has 0 aliphatic heterocycles. The van der Waals surface area contributed by atoms with Gasteiger partial charge in [-0.1, -0.05) is 166 Å². The molecular formula is C44H58P2. The van der Waals surface area contributed by atoms with E-state index in [2.05, 4.69) is 72.8 Å². The first-order chi connectivity index (χ1) is 22.8. The lowest BCUT2D eigenvalue weighted by Crippen LogP contribution is -2.48. The van der Waals surface area contributed by atoms with Crippen LogP contribution in [0.5, 0.6) is 0 Å². The highest BCUT2D eigenvalue weighted by atomic mass is 31.2. The molecule has 5 aliphatic rings. The normalized spacial score (nSPS) is 23.9. The Morgan fingerprint density at radius 1 is 0.457 bits per heavy atom. The monoisotopic (exact) mass is 648 g/mol. The molecule has 0 radical (unpaired) electrons. The molecule has 0 unspecified atom stereocenters. The van der Waals surface area contributed by atoms with Gasteiger partial charge in [0.1, 0.15) is 0 Å². The Hall–Kier alpha value is -1.48. The van der Waals surface area contributed by atoms with Crippen LogP contribution in [0.4, 0.5) is 0 Å². The van der Waals surface area contributed by atoms with E-state index in [1.54, 1.807) is 10.8 Å². The van der Waals surface area contributed by atoms with Gasteiger partial charge in [-0.05, 0) is 113 Å². The lowest BCUT2D eigenvalue weighted by molar-refractivity contribution is 0.473. The SMILES string of the molecule is C1=c2ccccc2=C(c2cccc3ccccc23)C(P(C2CCCCC2)C2CCCCC2)(P(C2CCCCC2)C2CCCCC2)C1. The topological polar surface area (TPSA) is 0 Å². The quantitative estimate of drug-likeness (QED) is 0.224. The van der Waals surface area contributed by atoms with E-state index in [4.69, 9.17) is 0 Å². The van der Waals surface area contributed by atoms with Crippen molar-refractivity contribution in [3.05, 3.63) is 82.7 Å². The van der Waals surface area contributed by atoms with Crippen LogP contribution in [0.3, 0.4) is 0 Å². The van der Waals surface area contributed by atoms with Crippen molar-refractivity contribution in [3.8, 4) is 0 Å². The van der Waals surface area contributed by atoms with Gasteiger partial charge in [0.2, 0.25) is 0 Å². The minimum Gasteiger partial charge on any atom is -0.0844 e. The average Bonchev–Trinajstić information content (AvgIpc) is 3.13. The van der Waals surface area contributed by atoms with Crippen LogP contribution in [0.2, 0.25) is 0 Å². The van der Waals surface area contributed by atoms with Crippen molar-refractivity contribution in [1.82, 2.24) is 0 Å². The Bertz CT molecular complexity index is 1500. The molecule has 2 heteroatoms. The van der Waals surface area contributed by atoms with Crippen LogP contribution in [0.1, 0.15) is 140 Å². The van der Waals surface area contributed by atoms with Crippen LogP contribution in [0, 0.1) is 0 Å². The van der Waals surface area contributed by atoms with Crippen molar-refractivity contribution < 1.29 is 0 Å². The zero-order chi connectivity index (χ0) is 30.8. The predicted octanol–water partition coefficient (Wildman–Crippen LogP) is 12.2. The molecule has 0 bridgehead atoms. The minimum atomic E-state index is -0.171. The van der Waals surface area contributed by atoms with Crippen LogP contribution >= 0.6 is 15.8 Å². The second-order valence-electron chi connectivity index (χ2n) is 15.7. The van der Waals surface area contributed by atoms with Gasteiger partial charge in [-0.3, -0.25) is 0 Å². The molecule has 0 spiro atoms. The molecule has 3 aromatic rings. The highest BCUT2D eigenvalue weighted by molar-refractivity contribution is 7.79. The molecule has 8 rings (SSSR count). The van der Waals surface area contributed by atoms with Gasteiger partial charge >= 0.3 is 0 Å². The van der Waals surface area contributed by atoms with Crippen molar-refractivity contribution in [1.29, 1.82) is 0 Å². The summed E-state index contributed by atoms with van der Waals surface area (Å²) in [6, 6.07) is 26.6. The first-order valence-corrected chi connectivity index (χ1v) is 22.7. The van der Waals surface area contributed by atoms with E-state index >= 15 is 0 Å². The third kappa shape index (κ3) is 6.00. The third-order valence-corrected chi connectivity index (χ3v) is 22.1. The van der Waals surface area contributed by atoms with Gasteiger partial charge in [0.25, 0.3) is 0 Å². The van der Waals surface area contributed by atoms with Crippen molar-refractivity contribution in [3.63, 3.8) is 0 Å². The molecule has 0 amide bonds. The standard InChI is InChI=1S/C44H58P2/c1-5-21-36(22-6-1)45(37-23-7-2-8-24-37)44(46(38-25-9-3-10-26-38)39-27-11-4-12-28-39)33-32-35-19-14-16-30-41(35)43(44)42-31-17-20-34-18-13-15-29-40(34)42/h13-20,29-32,36-39H,1-12,21-28,33H2. The Labute approximate surface area is 282 Å². The van der Waals surface area contributed by atoms with Gasteiger partial charge in [-0.25, -0.2) is 0 Å². The van der Waals surface area contributed by atoms with Gasteiger partial charge in [-0.15, -0.1) is 0 Å². The molecule has 0 nitrogen and oxygen atoms in total. The first-order valence-electron chi connectivity index (χ1n) is 19.7. The molecule has 0 saturated heterocycles. The second-order valence-corrected chi connectivity index (χ2v) is 22.1. The third-order valence-electron chi connectivity index (χ3n) is 13.0. The zero-order valence-corrected chi connectivity index (χ0v) is 30.3. The number of hydrogen-bond acceptors (Lipinski definition) is 0. The van der Waals surface area contributed by atoms with Crippen LogP contribution in [-0.4, -0.2) is 27.5 Å². The summed E-state index contributed by atoms with van der Waals surface area (Å²) in [6.07, 6.45) is 34.1. The smallest absolute Gasteiger partial charge is 0.0408 e. The number of fused-ring (bicyclic) bond motifs is 2. The fraction of sp³-hybridized carbons (Fsp3) is 0.591. The summed E-state index contributed by atoms with van der Waals surface area (Å²) in [4.78, 5) is 0.344. The molecule has 0 N–H and O–H groups in total. The second kappa shape index (κ2) is 14.6. The fourth-order valence-corrected chi connectivity index (χ4v) is 23.0. The molecule has 0 heterocycles. The fourth-order valence-electron chi connectivity index (χ4n) is 11.1. The number of hydrogen-bond donors (Lipinski definition) is 0. The molecule has 0 atom stereocenters. The van der Waals surface area contributed by atoms with E-state index in [1.807, 2.05) is 5.57 Å². The number of benzene rings is 3. The maximum absolute atomic E-state index is 2.83. The highest BCUT2D eigenvalue weighted by Crippen LogP contribution is 2.83. The molecule has 0 aromatic heterocycles. The Morgan fingerprint density at radius 3 is 1.46 bits per heavy atom. The highest BCUT2D eigenvalue weighted by Gasteiger charge is 2.57. The van der Waals surface area contributed by atoms with Gasteiger partial charge in [0.05, 0.1) is 0 Å². The van der Waals surface area contributed by atoms with Crippen molar-refractivity contribution in [2.24, 2.45) is 0 Å². The lowest BCUT2D eigenvalue weighted by Gasteiger charge is -2.60. The molecule has 3 aromatic carbocycles. The summed E-state index contributed by atoms with van der Waals surface area (Å²) in [7, 11) is -0.341. The van der Waals surface area contributed by atoms with E-state index in [0.717, 1.165) is 22.6 Å². The van der Waals surface area contributed by atoms with E-state index in [0.29, 0.717) is 4.90 Å². The van der Waals surface area contributed by atoms with Crippen molar-refractivity contribution >= 4 is 38.3 Å². The first kappa shape index (κ1) is 31.8. The summed E-state index contributed by atoms with van der Waals surface area (Å²) in [5.41, 5.74) is 7.35. The van der Waals surface area contributed by atoms with Crippen LogP contribution in [-0.2, 0) is 0 Å². The molecule has 5 aliphatic carbocycles. The summed E-state index contributed by atoms with van der Waals surface area (Å²) in [5.74, 6) is 0. The van der Waals surface area contributed by atoms with Crippen LogP contribution in [0.25, 0.3) is 22.4 Å². The van der Waals surface area contributed by atoms with Gasteiger partial charge in [0, 0.05) is 4.90 Å². The maximum atomic E-state index is 2.83. The van der Waals surface area contributed by atoms with E-state index < -0.39 is 0 Å². The Balaban J connectivity index is 1.47. The summed E-state index contributed by atoms with van der Waals surface area (Å²) < 4.78 is 0. The molecule has 244 valence electrons. The molecule has 4 fully saturated rings. The van der Waals surface area contributed by atoms with Crippen LogP contribution < -0.4 is 10.4 Å². The summed E-state index contributed by atoms with van der Waals surface area (Å²) in [6.45, 7) is 0. The molecule has 4 saturated carbocycles. The number of rotatable bonds is 7. The van der Waals surface area contributed by atoms with Gasteiger partial charge in [-0.2, -0.15) is 0 Å². The Kier molecular flexibility index (Phi) is 10.1. The van der Waals surface area contributed by atoms with E-state index in [1.165, 1.54) is 151 Å². The minimum absolute atomic E-state index is 0.171. The van der Waals surface area contributed by atoms with E-state index in [-0.39, 0.29) is 15.8 Å². The van der Waals surface area contributed by atoms with Gasteiger partial charge in [0.15, 0.2) is 0 Å². The van der Waals surface area contributed by atoms with Crippen molar-refractivity contribution in [2.45, 2.75) is 162 Å². The lowest BCUT2D eigenvalue weighted by atomic mass is 9.89.